The molecule has 2 spiro atoms. The first kappa shape index (κ1) is 44.5. The van der Waals surface area contributed by atoms with Crippen LogP contribution in [-0.2, 0) is 33.2 Å². The van der Waals surface area contributed by atoms with Crippen molar-refractivity contribution in [2.24, 2.45) is 50.7 Å². The fourth-order valence-electron chi connectivity index (χ4n) is 15.3. The van der Waals surface area contributed by atoms with Gasteiger partial charge in [-0.05, 0) is 105 Å². The predicted octanol–water partition coefficient (Wildman–Crippen LogP) is 0.471. The Hall–Kier alpha value is -1.09. The summed E-state index contributed by atoms with van der Waals surface area (Å²) < 4.78 is 37.6. The van der Waals surface area contributed by atoms with Crippen LogP contribution in [0.5, 0.6) is 0 Å². The van der Waals surface area contributed by atoms with Crippen LogP contribution in [0.4, 0.5) is 0 Å². The van der Waals surface area contributed by atoms with Gasteiger partial charge in [-0.15, -0.1) is 0 Å². The average molecular weight is 843 g/mol. The maximum atomic E-state index is 13.5. The highest BCUT2D eigenvalue weighted by Gasteiger charge is 2.87. The van der Waals surface area contributed by atoms with E-state index >= 15 is 0 Å². The average Bonchev–Trinajstić information content (AvgIpc) is 3.79. The molecule has 3 heterocycles. The van der Waals surface area contributed by atoms with Gasteiger partial charge in [-0.3, -0.25) is 4.79 Å². The number of carbonyl (C=O) groups excluding carboxylic acids is 1. The fraction of sp³-hybridized carbons (Fsp3) is 0.977. The molecule has 0 aromatic heterocycles. The second-order valence-corrected chi connectivity index (χ2v) is 21.6. The van der Waals surface area contributed by atoms with Gasteiger partial charge in [0.1, 0.15) is 54.9 Å². The van der Waals surface area contributed by atoms with Gasteiger partial charge in [0.05, 0.1) is 24.9 Å². The molecular weight excluding hydrogens is 772 g/mol. The summed E-state index contributed by atoms with van der Waals surface area (Å²) in [5, 5.41) is 99.1. The van der Waals surface area contributed by atoms with Gasteiger partial charge in [-0.25, -0.2) is 0 Å². The lowest BCUT2D eigenvalue weighted by Gasteiger charge is -2.64. The van der Waals surface area contributed by atoms with Gasteiger partial charge >= 0.3 is 5.97 Å². The Morgan fingerprint density at radius 1 is 0.847 bits per heavy atom. The van der Waals surface area contributed by atoms with Crippen molar-refractivity contribution < 1.29 is 79.2 Å². The van der Waals surface area contributed by atoms with Crippen molar-refractivity contribution in [2.45, 2.75) is 198 Å². The van der Waals surface area contributed by atoms with Crippen molar-refractivity contribution in [3.8, 4) is 0 Å². The minimum absolute atomic E-state index is 0.0179. The number of fused-ring (bicyclic) bond motifs is 4. The molecule has 16 nitrogen and oxygen atoms in total. The Balaban J connectivity index is 1.17. The number of aliphatic hydroxyl groups excluding tert-OH is 7. The zero-order valence-corrected chi connectivity index (χ0v) is 35.8. The third kappa shape index (κ3) is 6.16. The molecule has 16 heteroatoms. The van der Waals surface area contributed by atoms with Crippen molar-refractivity contribution >= 4 is 5.97 Å². The molecule has 8 fully saturated rings. The number of hydrogen-bond donors (Lipinski definition) is 9. The number of rotatable bonds is 8. The van der Waals surface area contributed by atoms with E-state index in [4.69, 9.17) is 28.4 Å². The molecule has 0 aromatic carbocycles. The van der Waals surface area contributed by atoms with E-state index in [0.29, 0.717) is 12.8 Å². The maximum absolute atomic E-state index is 13.5. The first-order chi connectivity index (χ1) is 27.4. The van der Waals surface area contributed by atoms with Crippen molar-refractivity contribution in [3.63, 3.8) is 0 Å². The van der Waals surface area contributed by atoms with E-state index in [1.807, 2.05) is 6.92 Å². The summed E-state index contributed by atoms with van der Waals surface area (Å²) in [6, 6.07) is 0. The number of aliphatic hydroxyl groups is 9. The van der Waals surface area contributed by atoms with Crippen LogP contribution in [0.3, 0.4) is 0 Å². The molecule has 3 saturated heterocycles. The highest BCUT2D eigenvalue weighted by atomic mass is 16.7. The smallest absolute Gasteiger partial charge is 0.303 e. The van der Waals surface area contributed by atoms with Crippen molar-refractivity contribution in [1.29, 1.82) is 0 Å². The minimum atomic E-state index is -2.07. The van der Waals surface area contributed by atoms with Crippen LogP contribution < -0.4 is 0 Å². The summed E-state index contributed by atoms with van der Waals surface area (Å²) in [6.45, 7) is 14.3. The van der Waals surface area contributed by atoms with E-state index in [9.17, 15) is 50.8 Å². The molecule has 0 aromatic rings. The quantitative estimate of drug-likeness (QED) is 0.119. The third-order valence-corrected chi connectivity index (χ3v) is 18.0. The van der Waals surface area contributed by atoms with Crippen LogP contribution in [0.2, 0.25) is 0 Å². The lowest BCUT2D eigenvalue weighted by molar-refractivity contribution is -0.384. The van der Waals surface area contributed by atoms with E-state index in [-0.39, 0.29) is 46.7 Å². The SMILES string of the molecule is CC(=O)O[C@@H]([C@H]1C[C@@H](C)[C@H]2[C@](O)(O1)[C@H](O[C@@H]1O[C@H](CO)[C@@H](O)[C@H](O)[C@H]1O)[C@@]1(C)[C@@H]3CC[C@H]4C(C)(C)[C@@H](O[C@@H]5OC[C@H](O)[C@H](O)[C@H]5O)CC[C@@]45C[C@@]35CC[C@]21C)C(C)(C)O. The molecule has 0 amide bonds. The van der Waals surface area contributed by atoms with Crippen molar-refractivity contribution in [2.75, 3.05) is 13.2 Å². The second kappa shape index (κ2) is 14.5. The monoisotopic (exact) mass is 842 g/mol. The lowest BCUT2D eigenvalue weighted by Crippen LogP contribution is -2.65. The van der Waals surface area contributed by atoms with Gasteiger partial charge in [0.15, 0.2) is 24.5 Å². The van der Waals surface area contributed by atoms with Crippen LogP contribution in [-0.4, -0.2) is 156 Å². The van der Waals surface area contributed by atoms with Gasteiger partial charge in [0, 0.05) is 18.3 Å². The van der Waals surface area contributed by atoms with Gasteiger partial charge in [-0.2, -0.15) is 0 Å². The van der Waals surface area contributed by atoms with E-state index in [0.717, 1.165) is 38.5 Å². The highest BCUT2D eigenvalue weighted by molar-refractivity contribution is 5.66. The third-order valence-electron chi connectivity index (χ3n) is 18.0. The largest absolute Gasteiger partial charge is 0.457 e. The molecule has 3 aliphatic heterocycles. The van der Waals surface area contributed by atoms with Crippen molar-refractivity contribution in [1.82, 2.24) is 0 Å². The molecule has 5 aliphatic carbocycles. The van der Waals surface area contributed by atoms with Gasteiger partial charge in [0.2, 0.25) is 0 Å². The standard InChI is InChI=1S/C43H70O16/c1-19-15-22(33(38(5,6)52)55-20(2)45)59-43(53)32(19)39(7)13-14-42-18-41(42)12-11-26(57-34-30(50)27(47)21(46)17-54-34)37(3,4)24(41)9-10-25(42)40(39,8)36(43)58-35-31(51)29(49)28(48)23(16-44)56-35/h19,21-36,44,46-53H,9-18H2,1-8H3/t19-,21+,22-,23-,24+,25+,26+,27+,28-,29+,30-,31-,32-,33+,34+,35+,36-,39-,40-,41-,42+,43+/m1/s1. The van der Waals surface area contributed by atoms with Gasteiger partial charge < -0.3 is 74.4 Å². The Kier molecular flexibility index (Phi) is 10.9. The summed E-state index contributed by atoms with van der Waals surface area (Å²) in [4.78, 5) is 12.4. The predicted molar refractivity (Wildman–Crippen MR) is 204 cm³/mol. The summed E-state index contributed by atoms with van der Waals surface area (Å²) >= 11 is 0. The number of hydrogen-bond acceptors (Lipinski definition) is 16. The van der Waals surface area contributed by atoms with E-state index in [2.05, 4.69) is 27.7 Å². The van der Waals surface area contributed by atoms with Gasteiger partial charge in [-0.1, -0.05) is 34.6 Å². The molecule has 0 unspecified atom stereocenters. The molecule has 59 heavy (non-hydrogen) atoms. The Bertz CT molecular complexity index is 1600. The first-order valence-corrected chi connectivity index (χ1v) is 21.9. The van der Waals surface area contributed by atoms with Crippen LogP contribution >= 0.6 is 0 Å². The van der Waals surface area contributed by atoms with Crippen LogP contribution in [0.1, 0.15) is 107 Å². The molecule has 8 rings (SSSR count). The molecule has 0 radical (unpaired) electrons. The Labute approximate surface area is 346 Å². The van der Waals surface area contributed by atoms with Crippen LogP contribution in [0.25, 0.3) is 0 Å². The molecule has 9 N–H and O–H groups in total. The molecule has 0 bridgehead atoms. The van der Waals surface area contributed by atoms with Crippen molar-refractivity contribution in [3.05, 3.63) is 0 Å². The minimum Gasteiger partial charge on any atom is -0.457 e. The Morgan fingerprint density at radius 3 is 2.14 bits per heavy atom. The lowest BCUT2D eigenvalue weighted by atomic mass is 9.41. The highest BCUT2D eigenvalue weighted by Crippen LogP contribution is 2.90. The topological polar surface area (TPSA) is 255 Å². The van der Waals surface area contributed by atoms with E-state index in [1.54, 1.807) is 0 Å². The van der Waals surface area contributed by atoms with Crippen LogP contribution in [0.15, 0.2) is 0 Å². The molecule has 8 aliphatic rings. The zero-order valence-electron chi connectivity index (χ0n) is 35.8. The molecule has 338 valence electrons. The zero-order chi connectivity index (χ0) is 43.2. The van der Waals surface area contributed by atoms with E-state index in [1.165, 1.54) is 20.8 Å². The normalized spacial score (nSPS) is 55.7. The summed E-state index contributed by atoms with van der Waals surface area (Å²) in [5.74, 6) is -3.23. The molecular formula is C43H70O16. The van der Waals surface area contributed by atoms with Gasteiger partial charge in [0.25, 0.3) is 0 Å². The Morgan fingerprint density at radius 2 is 1.49 bits per heavy atom. The first-order valence-electron chi connectivity index (χ1n) is 21.9. The maximum Gasteiger partial charge on any atom is 0.303 e. The number of esters is 1. The summed E-state index contributed by atoms with van der Waals surface area (Å²) in [7, 11) is 0. The number of carbonyl (C=O) groups is 1. The van der Waals surface area contributed by atoms with Crippen LogP contribution in [0, 0.1) is 50.7 Å². The molecule has 5 saturated carbocycles. The molecule has 22 atom stereocenters. The number of ether oxygens (including phenoxy) is 6. The van der Waals surface area contributed by atoms with E-state index < -0.39 is 114 Å². The fourth-order valence-corrected chi connectivity index (χ4v) is 15.3. The summed E-state index contributed by atoms with van der Waals surface area (Å²) in [5.41, 5.74) is -3.61. The summed E-state index contributed by atoms with van der Waals surface area (Å²) in [6.07, 6.45) is -10.5. The second-order valence-electron chi connectivity index (χ2n) is 21.6.